The third-order valence-corrected chi connectivity index (χ3v) is 4.02. The van der Waals surface area contributed by atoms with Gasteiger partial charge in [0.25, 0.3) is 0 Å². The van der Waals surface area contributed by atoms with Gasteiger partial charge in [-0.3, -0.25) is 4.79 Å². The summed E-state index contributed by atoms with van der Waals surface area (Å²) in [4.78, 5) is 13.8. The molecule has 1 saturated heterocycles. The maximum Gasteiger partial charge on any atom is 0.226 e. The number of quaternary nitrogens is 1. The monoisotopic (exact) mass is 268 g/mol. The zero-order valence-corrected chi connectivity index (χ0v) is 11.7. The number of carbonyl (C=O) groups excluding carboxylic acids is 1. The number of rotatable bonds is 4. The van der Waals surface area contributed by atoms with Gasteiger partial charge in [0.15, 0.2) is 6.04 Å². The first-order valence-corrected chi connectivity index (χ1v) is 6.79. The third kappa shape index (κ3) is 2.21. The molecule has 1 aliphatic rings. The fourth-order valence-corrected chi connectivity index (χ4v) is 2.80. The maximum atomic E-state index is 12.5. The molecule has 3 heteroatoms. The Kier molecular flexibility index (Phi) is 3.28. The highest BCUT2D eigenvalue weighted by molar-refractivity contribution is 6.01. The smallest absolute Gasteiger partial charge is 0.226 e. The molecule has 3 rings (SSSR count). The molecule has 1 heterocycles. The van der Waals surface area contributed by atoms with E-state index in [9.17, 15) is 4.79 Å². The molecule has 1 aliphatic heterocycles. The van der Waals surface area contributed by atoms with Crippen LogP contribution in [0.4, 0.5) is 0 Å². The SMILES string of the molecule is COc1ccc(C(=O)[C@@H]2[C@H](c3ccccc3)[NH+]2C)cc1. The largest absolute Gasteiger partial charge is 0.497 e. The van der Waals surface area contributed by atoms with Crippen molar-refractivity contribution >= 4 is 5.78 Å². The molecule has 3 atom stereocenters. The first kappa shape index (κ1) is 12.9. The van der Waals surface area contributed by atoms with Crippen molar-refractivity contribution in [3.63, 3.8) is 0 Å². The number of ether oxygens (including phenoxy) is 1. The first-order valence-electron chi connectivity index (χ1n) is 6.79. The van der Waals surface area contributed by atoms with Crippen LogP contribution in [-0.2, 0) is 0 Å². The van der Waals surface area contributed by atoms with Crippen molar-refractivity contribution in [2.45, 2.75) is 12.1 Å². The summed E-state index contributed by atoms with van der Waals surface area (Å²) in [6.07, 6.45) is 0. The molecule has 0 radical (unpaired) electrons. The van der Waals surface area contributed by atoms with Gasteiger partial charge in [0.1, 0.15) is 5.75 Å². The average Bonchev–Trinajstić information content (AvgIpc) is 3.19. The summed E-state index contributed by atoms with van der Waals surface area (Å²) in [5.41, 5.74) is 1.99. The molecule has 3 nitrogen and oxygen atoms in total. The van der Waals surface area contributed by atoms with E-state index in [2.05, 4.69) is 19.2 Å². The van der Waals surface area contributed by atoms with Crippen LogP contribution in [-0.4, -0.2) is 26.0 Å². The van der Waals surface area contributed by atoms with Gasteiger partial charge < -0.3 is 9.64 Å². The van der Waals surface area contributed by atoms with Crippen molar-refractivity contribution < 1.29 is 14.4 Å². The Morgan fingerprint density at radius 3 is 2.30 bits per heavy atom. The van der Waals surface area contributed by atoms with Gasteiger partial charge in [-0.2, -0.15) is 0 Å². The Morgan fingerprint density at radius 1 is 1.05 bits per heavy atom. The molecule has 2 aromatic carbocycles. The Bertz CT molecular complexity index is 607. The summed E-state index contributed by atoms with van der Waals surface area (Å²) in [6.45, 7) is 0. The maximum absolute atomic E-state index is 12.5. The molecule has 0 bridgehead atoms. The second-order valence-electron chi connectivity index (χ2n) is 5.20. The van der Waals surface area contributed by atoms with Gasteiger partial charge in [0.2, 0.25) is 11.8 Å². The van der Waals surface area contributed by atoms with E-state index in [4.69, 9.17) is 4.74 Å². The Hall–Kier alpha value is -2.13. The normalized spacial score (nSPS) is 24.2. The van der Waals surface area contributed by atoms with Crippen molar-refractivity contribution in [1.29, 1.82) is 0 Å². The van der Waals surface area contributed by atoms with Gasteiger partial charge in [-0.1, -0.05) is 30.3 Å². The zero-order valence-electron chi connectivity index (χ0n) is 11.7. The van der Waals surface area contributed by atoms with Crippen LogP contribution in [0.1, 0.15) is 22.0 Å². The number of Topliss-reactive ketones (excluding diaryl/α,β-unsaturated/α-hetero) is 1. The summed E-state index contributed by atoms with van der Waals surface area (Å²) < 4.78 is 5.12. The zero-order chi connectivity index (χ0) is 14.1. The highest BCUT2D eigenvalue weighted by Gasteiger charge is 2.57. The Labute approximate surface area is 118 Å². The van der Waals surface area contributed by atoms with E-state index in [1.807, 2.05) is 42.5 Å². The number of hydrogen-bond donors (Lipinski definition) is 1. The highest BCUT2D eigenvalue weighted by atomic mass is 16.5. The predicted molar refractivity (Wildman–Crippen MR) is 77.2 cm³/mol. The number of benzene rings is 2. The van der Waals surface area contributed by atoms with Gasteiger partial charge in [0.05, 0.1) is 14.2 Å². The van der Waals surface area contributed by atoms with E-state index in [1.165, 1.54) is 10.5 Å². The minimum Gasteiger partial charge on any atom is -0.497 e. The lowest BCUT2D eigenvalue weighted by Gasteiger charge is -2.00. The van der Waals surface area contributed by atoms with E-state index >= 15 is 0 Å². The summed E-state index contributed by atoms with van der Waals surface area (Å²) in [5.74, 6) is 0.983. The predicted octanol–water partition coefficient (Wildman–Crippen LogP) is 1.52. The van der Waals surface area contributed by atoms with Gasteiger partial charge in [-0.25, -0.2) is 0 Å². The second kappa shape index (κ2) is 5.10. The molecule has 0 amide bonds. The second-order valence-corrected chi connectivity index (χ2v) is 5.20. The Balaban J connectivity index is 1.78. The fourth-order valence-electron chi connectivity index (χ4n) is 2.80. The van der Waals surface area contributed by atoms with Crippen molar-refractivity contribution in [2.75, 3.05) is 14.2 Å². The molecule has 1 unspecified atom stereocenters. The molecule has 20 heavy (non-hydrogen) atoms. The number of likely N-dealkylation sites (N-methyl/N-ethyl adjacent to an activating group) is 1. The molecular formula is C17H18NO2+. The van der Waals surface area contributed by atoms with Crippen molar-refractivity contribution in [3.05, 3.63) is 65.7 Å². The van der Waals surface area contributed by atoms with Crippen LogP contribution >= 0.6 is 0 Å². The van der Waals surface area contributed by atoms with Crippen molar-refractivity contribution in [3.8, 4) is 5.75 Å². The molecule has 1 fully saturated rings. The molecule has 0 aromatic heterocycles. The van der Waals surface area contributed by atoms with E-state index < -0.39 is 0 Å². The van der Waals surface area contributed by atoms with Gasteiger partial charge >= 0.3 is 0 Å². The van der Waals surface area contributed by atoms with Crippen LogP contribution in [0.5, 0.6) is 5.75 Å². The fraction of sp³-hybridized carbons (Fsp3) is 0.235. The number of methoxy groups -OCH3 is 1. The Morgan fingerprint density at radius 2 is 1.70 bits per heavy atom. The molecule has 102 valence electrons. The molecule has 0 aliphatic carbocycles. The topological polar surface area (TPSA) is 30.7 Å². The van der Waals surface area contributed by atoms with E-state index in [0.717, 1.165) is 11.3 Å². The number of ketones is 1. The minimum absolute atomic E-state index is 0.0331. The van der Waals surface area contributed by atoms with Crippen LogP contribution < -0.4 is 9.64 Å². The molecule has 1 N–H and O–H groups in total. The summed E-state index contributed by atoms with van der Waals surface area (Å²) in [5, 5.41) is 0. The van der Waals surface area contributed by atoms with Crippen LogP contribution in [0.2, 0.25) is 0 Å². The van der Waals surface area contributed by atoms with Crippen LogP contribution in [0.25, 0.3) is 0 Å². The quantitative estimate of drug-likeness (QED) is 0.673. The highest BCUT2D eigenvalue weighted by Crippen LogP contribution is 2.25. The summed E-state index contributed by atoms with van der Waals surface area (Å²) in [6, 6.07) is 17.9. The lowest BCUT2D eigenvalue weighted by Crippen LogP contribution is -2.91. The van der Waals surface area contributed by atoms with Gasteiger partial charge in [-0.05, 0) is 24.3 Å². The number of carbonyl (C=O) groups is 1. The summed E-state index contributed by atoms with van der Waals surface area (Å²) >= 11 is 0. The first-order chi connectivity index (χ1) is 9.72. The van der Waals surface area contributed by atoms with Crippen molar-refractivity contribution in [2.24, 2.45) is 0 Å². The van der Waals surface area contributed by atoms with Gasteiger partial charge in [0, 0.05) is 11.1 Å². The van der Waals surface area contributed by atoms with E-state index in [-0.39, 0.29) is 17.9 Å². The summed E-state index contributed by atoms with van der Waals surface area (Å²) in [7, 11) is 3.70. The molecule has 0 spiro atoms. The number of hydrogen-bond acceptors (Lipinski definition) is 2. The van der Waals surface area contributed by atoms with E-state index in [1.54, 1.807) is 7.11 Å². The number of nitrogens with one attached hydrogen (secondary N) is 1. The molecule has 0 saturated carbocycles. The van der Waals surface area contributed by atoms with Crippen LogP contribution in [0.15, 0.2) is 54.6 Å². The third-order valence-electron chi connectivity index (χ3n) is 4.02. The lowest BCUT2D eigenvalue weighted by molar-refractivity contribution is -0.762. The van der Waals surface area contributed by atoms with Crippen LogP contribution in [0.3, 0.4) is 0 Å². The van der Waals surface area contributed by atoms with Crippen LogP contribution in [0, 0.1) is 0 Å². The minimum atomic E-state index is 0.0331. The lowest BCUT2D eigenvalue weighted by atomic mass is 10.0. The van der Waals surface area contributed by atoms with Gasteiger partial charge in [-0.15, -0.1) is 0 Å². The van der Waals surface area contributed by atoms with E-state index in [0.29, 0.717) is 0 Å². The molecular weight excluding hydrogens is 250 g/mol. The van der Waals surface area contributed by atoms with Crippen molar-refractivity contribution in [1.82, 2.24) is 0 Å². The average molecular weight is 268 g/mol. The molecule has 2 aromatic rings. The standard InChI is InChI=1S/C17H17NO2/c1-18-15(12-6-4-3-5-7-12)16(18)17(19)13-8-10-14(20-2)11-9-13/h3-11,15-16H,1-2H3/p+1/t15-,16-,18?/m0/s1.